The zero-order chi connectivity index (χ0) is 22.1. The molecular weight excluding hydrogens is 404 g/mol. The summed E-state index contributed by atoms with van der Waals surface area (Å²) in [6.07, 6.45) is 3.00. The second-order valence-corrected chi connectivity index (χ2v) is 8.39. The van der Waals surface area contributed by atoms with E-state index in [4.69, 9.17) is 9.47 Å². The Morgan fingerprint density at radius 1 is 1.13 bits per heavy atom. The fourth-order valence-electron chi connectivity index (χ4n) is 2.96. The van der Waals surface area contributed by atoms with Crippen LogP contribution in [0.4, 0.5) is 11.4 Å². The van der Waals surface area contributed by atoms with Gasteiger partial charge in [-0.3, -0.25) is 9.10 Å². The van der Waals surface area contributed by atoms with Crippen LogP contribution >= 0.6 is 0 Å². The van der Waals surface area contributed by atoms with E-state index < -0.39 is 22.0 Å². The maximum absolute atomic E-state index is 13.0. The number of carbonyl (C=O) groups excluding carboxylic acids is 1. The zero-order valence-corrected chi connectivity index (χ0v) is 18.3. The average Bonchev–Trinajstić information content (AvgIpc) is 2.70. The summed E-state index contributed by atoms with van der Waals surface area (Å²) in [7, 11) is -3.72. The lowest BCUT2D eigenvalue weighted by Crippen LogP contribution is -2.47. The van der Waals surface area contributed by atoms with Gasteiger partial charge in [-0.2, -0.15) is 0 Å². The Kier molecular flexibility index (Phi) is 8.29. The summed E-state index contributed by atoms with van der Waals surface area (Å²) < 4.78 is 37.1. The molecule has 8 heteroatoms. The van der Waals surface area contributed by atoms with E-state index in [2.05, 4.69) is 11.9 Å². The number of benzene rings is 2. The van der Waals surface area contributed by atoms with Gasteiger partial charge in [0.25, 0.3) is 0 Å². The number of hydrogen-bond donors (Lipinski definition) is 1. The van der Waals surface area contributed by atoms with Crippen molar-refractivity contribution in [2.75, 3.05) is 29.1 Å². The number of anilines is 2. The SMILES string of the molecule is C=CCOc1cccc(NC(=O)[C@@H](CC)N(c2ccc(OCC)cc2)S(C)(=O)=O)c1. The molecule has 0 aliphatic rings. The van der Waals surface area contributed by atoms with Crippen molar-refractivity contribution in [1.29, 1.82) is 0 Å². The molecule has 1 amide bonds. The van der Waals surface area contributed by atoms with Crippen molar-refractivity contribution in [3.05, 3.63) is 61.2 Å². The van der Waals surface area contributed by atoms with Crippen LogP contribution in [0.1, 0.15) is 20.3 Å². The van der Waals surface area contributed by atoms with Crippen molar-refractivity contribution in [3.63, 3.8) is 0 Å². The average molecular weight is 433 g/mol. The molecule has 162 valence electrons. The number of carbonyl (C=O) groups is 1. The second-order valence-electron chi connectivity index (χ2n) is 6.53. The van der Waals surface area contributed by atoms with Gasteiger partial charge in [-0.05, 0) is 49.7 Å². The lowest BCUT2D eigenvalue weighted by atomic mass is 10.1. The summed E-state index contributed by atoms with van der Waals surface area (Å²) >= 11 is 0. The van der Waals surface area contributed by atoms with Crippen LogP contribution in [0.15, 0.2) is 61.2 Å². The lowest BCUT2D eigenvalue weighted by molar-refractivity contribution is -0.117. The van der Waals surface area contributed by atoms with Crippen molar-refractivity contribution in [2.24, 2.45) is 0 Å². The molecule has 0 saturated carbocycles. The molecule has 2 aromatic carbocycles. The maximum atomic E-state index is 13.0. The third kappa shape index (κ3) is 6.25. The highest BCUT2D eigenvalue weighted by atomic mass is 32.2. The molecule has 0 saturated heterocycles. The van der Waals surface area contributed by atoms with Crippen molar-refractivity contribution in [3.8, 4) is 11.5 Å². The molecule has 2 rings (SSSR count). The summed E-state index contributed by atoms with van der Waals surface area (Å²) in [6.45, 7) is 8.08. The first kappa shape index (κ1) is 23.3. The molecule has 30 heavy (non-hydrogen) atoms. The van der Waals surface area contributed by atoms with Gasteiger partial charge in [0.05, 0.1) is 18.6 Å². The molecule has 0 heterocycles. The third-order valence-corrected chi connectivity index (χ3v) is 5.38. The maximum Gasteiger partial charge on any atom is 0.248 e. The summed E-state index contributed by atoms with van der Waals surface area (Å²) in [4.78, 5) is 13.0. The molecule has 7 nitrogen and oxygen atoms in total. The fraction of sp³-hybridized carbons (Fsp3) is 0.318. The van der Waals surface area contributed by atoms with Crippen LogP contribution in [0, 0.1) is 0 Å². The minimum atomic E-state index is -3.72. The molecule has 0 bridgehead atoms. The van der Waals surface area contributed by atoms with Gasteiger partial charge in [-0.15, -0.1) is 0 Å². The smallest absolute Gasteiger partial charge is 0.248 e. The highest BCUT2D eigenvalue weighted by molar-refractivity contribution is 7.92. The van der Waals surface area contributed by atoms with Crippen molar-refractivity contribution in [2.45, 2.75) is 26.3 Å². The van der Waals surface area contributed by atoms with Crippen LogP contribution < -0.4 is 19.1 Å². The standard InChI is InChI=1S/C22H28N2O5S/c1-5-15-29-20-10-8-9-17(16-20)23-22(25)21(6-2)24(30(4,26)27)18-11-13-19(14-12-18)28-7-3/h5,8-14,16,21H,1,6-7,15H2,2-4H3,(H,23,25)/t21-/m1/s1. The van der Waals surface area contributed by atoms with Crippen molar-refractivity contribution in [1.82, 2.24) is 0 Å². The molecule has 0 unspecified atom stereocenters. The molecule has 0 aliphatic carbocycles. The van der Waals surface area contributed by atoms with Gasteiger partial charge in [-0.25, -0.2) is 8.42 Å². The first-order valence-electron chi connectivity index (χ1n) is 9.67. The van der Waals surface area contributed by atoms with E-state index in [-0.39, 0.29) is 0 Å². The Morgan fingerprint density at radius 3 is 2.40 bits per heavy atom. The highest BCUT2D eigenvalue weighted by Crippen LogP contribution is 2.26. The van der Waals surface area contributed by atoms with Gasteiger partial charge < -0.3 is 14.8 Å². The van der Waals surface area contributed by atoms with E-state index in [0.29, 0.717) is 42.5 Å². The van der Waals surface area contributed by atoms with Gasteiger partial charge in [0.15, 0.2) is 0 Å². The number of hydrogen-bond acceptors (Lipinski definition) is 5. The summed E-state index contributed by atoms with van der Waals surface area (Å²) in [5.74, 6) is 0.772. The van der Waals surface area contributed by atoms with E-state index in [1.54, 1.807) is 61.5 Å². The Bertz CT molecular complexity index is 958. The monoisotopic (exact) mass is 432 g/mol. The van der Waals surface area contributed by atoms with Gasteiger partial charge >= 0.3 is 0 Å². The number of amides is 1. The number of rotatable bonds is 11. The summed E-state index contributed by atoms with van der Waals surface area (Å²) in [5.41, 5.74) is 0.908. The van der Waals surface area contributed by atoms with Crippen LogP contribution in [0.3, 0.4) is 0 Å². The second kappa shape index (κ2) is 10.7. The molecule has 0 aliphatic heterocycles. The molecular formula is C22H28N2O5S. The first-order valence-corrected chi connectivity index (χ1v) is 11.5. The molecule has 0 spiro atoms. The molecule has 0 aromatic heterocycles. The number of ether oxygens (including phenoxy) is 2. The van der Waals surface area contributed by atoms with Gasteiger partial charge in [0, 0.05) is 11.8 Å². The molecule has 0 fully saturated rings. The predicted molar refractivity (Wildman–Crippen MR) is 120 cm³/mol. The predicted octanol–water partition coefficient (Wildman–Crippen LogP) is 3.83. The topological polar surface area (TPSA) is 84.9 Å². The summed E-state index contributed by atoms with van der Waals surface area (Å²) in [6, 6.07) is 12.6. The highest BCUT2D eigenvalue weighted by Gasteiger charge is 2.31. The normalized spacial score (nSPS) is 12.0. The summed E-state index contributed by atoms with van der Waals surface area (Å²) in [5, 5.41) is 2.79. The lowest BCUT2D eigenvalue weighted by Gasteiger charge is -2.30. The van der Waals surface area contributed by atoms with Crippen LogP contribution in [-0.4, -0.2) is 39.8 Å². The van der Waals surface area contributed by atoms with Gasteiger partial charge in [0.2, 0.25) is 15.9 Å². The van der Waals surface area contributed by atoms with E-state index in [1.165, 1.54) is 0 Å². The van der Waals surface area contributed by atoms with Crippen LogP contribution in [0.2, 0.25) is 0 Å². The quantitative estimate of drug-likeness (QED) is 0.546. The van der Waals surface area contributed by atoms with E-state index >= 15 is 0 Å². The molecule has 2 aromatic rings. The first-order chi connectivity index (χ1) is 14.3. The van der Waals surface area contributed by atoms with E-state index in [0.717, 1.165) is 10.6 Å². The minimum absolute atomic E-state index is 0.290. The molecule has 0 radical (unpaired) electrons. The van der Waals surface area contributed by atoms with Crippen LogP contribution in [0.25, 0.3) is 0 Å². The number of nitrogens with one attached hydrogen (secondary N) is 1. The fourth-order valence-corrected chi connectivity index (χ4v) is 4.17. The van der Waals surface area contributed by atoms with Crippen LogP contribution in [-0.2, 0) is 14.8 Å². The molecule has 1 atom stereocenters. The Labute approximate surface area is 178 Å². The Balaban J connectivity index is 2.28. The number of nitrogens with zero attached hydrogens (tertiary/aromatic N) is 1. The number of sulfonamides is 1. The zero-order valence-electron chi connectivity index (χ0n) is 17.5. The van der Waals surface area contributed by atoms with E-state index in [9.17, 15) is 13.2 Å². The molecule has 1 N–H and O–H groups in total. The van der Waals surface area contributed by atoms with E-state index in [1.807, 2.05) is 6.92 Å². The minimum Gasteiger partial charge on any atom is -0.494 e. The van der Waals surface area contributed by atoms with Crippen molar-refractivity contribution < 1.29 is 22.7 Å². The Morgan fingerprint density at radius 2 is 1.83 bits per heavy atom. The van der Waals surface area contributed by atoms with Gasteiger partial charge in [0.1, 0.15) is 24.1 Å². The van der Waals surface area contributed by atoms with Gasteiger partial charge in [-0.1, -0.05) is 25.6 Å². The largest absolute Gasteiger partial charge is 0.494 e. The third-order valence-electron chi connectivity index (χ3n) is 4.20. The van der Waals surface area contributed by atoms with Crippen molar-refractivity contribution >= 4 is 27.3 Å². The van der Waals surface area contributed by atoms with Crippen LogP contribution in [0.5, 0.6) is 11.5 Å². The Hall–Kier alpha value is -3.00.